The summed E-state index contributed by atoms with van der Waals surface area (Å²) in [6.45, 7) is 7.10. The monoisotopic (exact) mass is 236 g/mol. The minimum absolute atomic E-state index is 0.649. The summed E-state index contributed by atoms with van der Waals surface area (Å²) in [5, 5.41) is 3.87. The Morgan fingerprint density at radius 1 is 1.47 bits per heavy atom. The molecule has 2 aliphatic rings. The van der Waals surface area contributed by atoms with Crippen LogP contribution in [-0.2, 0) is 6.42 Å². The van der Waals surface area contributed by atoms with Crippen molar-refractivity contribution in [3.8, 4) is 0 Å². The summed E-state index contributed by atoms with van der Waals surface area (Å²) >= 11 is 0. The van der Waals surface area contributed by atoms with Gasteiger partial charge in [-0.2, -0.15) is 4.98 Å². The number of nitrogens with zero attached hydrogens (tertiary/aromatic N) is 4. The van der Waals surface area contributed by atoms with E-state index in [-0.39, 0.29) is 0 Å². The molecule has 2 unspecified atom stereocenters. The van der Waals surface area contributed by atoms with E-state index in [1.54, 1.807) is 0 Å². The predicted molar refractivity (Wildman–Crippen MR) is 63.6 cm³/mol. The Balaban J connectivity index is 1.55. The van der Waals surface area contributed by atoms with Gasteiger partial charge in [-0.25, -0.2) is 0 Å². The van der Waals surface area contributed by atoms with Crippen LogP contribution in [0.2, 0.25) is 0 Å². The maximum Gasteiger partial charge on any atom is 0.213 e. The van der Waals surface area contributed by atoms with E-state index in [0.717, 1.165) is 24.8 Å². The Morgan fingerprint density at radius 3 is 3.24 bits per heavy atom. The SMILES string of the molecule is CC1CN2CCCC2CN1CCc1ncon1. The third-order valence-corrected chi connectivity index (χ3v) is 4.10. The molecule has 3 rings (SSSR count). The Labute approximate surface area is 102 Å². The number of aromatic nitrogens is 2. The molecular formula is C12H20N4O. The van der Waals surface area contributed by atoms with Gasteiger partial charge in [0.2, 0.25) is 6.39 Å². The molecule has 2 atom stereocenters. The maximum absolute atomic E-state index is 4.76. The molecule has 17 heavy (non-hydrogen) atoms. The summed E-state index contributed by atoms with van der Waals surface area (Å²) in [5.41, 5.74) is 0. The second-order valence-corrected chi connectivity index (χ2v) is 5.23. The van der Waals surface area contributed by atoms with Crippen LogP contribution in [0.3, 0.4) is 0 Å². The van der Waals surface area contributed by atoms with E-state index in [1.165, 1.54) is 38.9 Å². The highest BCUT2D eigenvalue weighted by Gasteiger charge is 2.33. The molecule has 1 aromatic heterocycles. The van der Waals surface area contributed by atoms with Gasteiger partial charge in [0.1, 0.15) is 0 Å². The Hall–Kier alpha value is -0.940. The zero-order chi connectivity index (χ0) is 11.7. The van der Waals surface area contributed by atoms with E-state index in [0.29, 0.717) is 6.04 Å². The minimum atomic E-state index is 0.649. The molecule has 0 radical (unpaired) electrons. The fourth-order valence-electron chi connectivity index (χ4n) is 3.11. The van der Waals surface area contributed by atoms with Crippen LogP contribution >= 0.6 is 0 Å². The van der Waals surface area contributed by atoms with Gasteiger partial charge in [-0.1, -0.05) is 5.16 Å². The van der Waals surface area contributed by atoms with Crippen LogP contribution in [-0.4, -0.2) is 58.2 Å². The first-order valence-electron chi connectivity index (χ1n) is 6.56. The van der Waals surface area contributed by atoms with E-state index in [2.05, 4.69) is 26.9 Å². The quantitative estimate of drug-likeness (QED) is 0.776. The van der Waals surface area contributed by atoms with Crippen molar-refractivity contribution >= 4 is 0 Å². The van der Waals surface area contributed by atoms with Gasteiger partial charge in [0.25, 0.3) is 0 Å². The first kappa shape index (κ1) is 11.2. The van der Waals surface area contributed by atoms with Crippen molar-refractivity contribution in [1.82, 2.24) is 19.9 Å². The lowest BCUT2D eigenvalue weighted by atomic mass is 10.1. The average molecular weight is 236 g/mol. The van der Waals surface area contributed by atoms with E-state index in [4.69, 9.17) is 4.52 Å². The Bertz CT molecular complexity index is 353. The average Bonchev–Trinajstić information content (AvgIpc) is 2.95. The van der Waals surface area contributed by atoms with Crippen LogP contribution in [0.25, 0.3) is 0 Å². The van der Waals surface area contributed by atoms with Crippen molar-refractivity contribution < 1.29 is 4.52 Å². The Morgan fingerprint density at radius 2 is 2.41 bits per heavy atom. The molecule has 0 bridgehead atoms. The number of fused-ring (bicyclic) bond motifs is 1. The van der Waals surface area contributed by atoms with Crippen LogP contribution in [0.4, 0.5) is 0 Å². The molecule has 1 aromatic rings. The molecule has 0 aromatic carbocycles. The molecule has 0 saturated carbocycles. The number of rotatable bonds is 3. The first-order valence-corrected chi connectivity index (χ1v) is 6.56. The van der Waals surface area contributed by atoms with E-state index in [9.17, 15) is 0 Å². The van der Waals surface area contributed by atoms with Crippen molar-refractivity contribution in [3.63, 3.8) is 0 Å². The van der Waals surface area contributed by atoms with Crippen molar-refractivity contribution in [2.75, 3.05) is 26.2 Å². The largest absolute Gasteiger partial charge is 0.343 e. The lowest BCUT2D eigenvalue weighted by Crippen LogP contribution is -2.55. The standard InChI is InChI=1S/C12H20N4O/c1-10-7-16-5-2-3-11(16)8-15(10)6-4-12-13-9-17-14-12/h9-11H,2-8H2,1H3. The predicted octanol–water partition coefficient (Wildman–Crippen LogP) is 0.781. The van der Waals surface area contributed by atoms with Gasteiger partial charge < -0.3 is 4.52 Å². The molecule has 0 N–H and O–H groups in total. The van der Waals surface area contributed by atoms with Crippen LogP contribution in [0.5, 0.6) is 0 Å². The zero-order valence-electron chi connectivity index (χ0n) is 10.4. The van der Waals surface area contributed by atoms with Gasteiger partial charge in [0.05, 0.1) is 0 Å². The third kappa shape index (κ3) is 2.35. The van der Waals surface area contributed by atoms with Crippen LogP contribution in [0.15, 0.2) is 10.9 Å². The van der Waals surface area contributed by atoms with Gasteiger partial charge in [-0.05, 0) is 26.3 Å². The van der Waals surface area contributed by atoms with Crippen LogP contribution in [0.1, 0.15) is 25.6 Å². The summed E-state index contributed by atoms with van der Waals surface area (Å²) in [7, 11) is 0. The van der Waals surface area contributed by atoms with E-state index < -0.39 is 0 Å². The molecule has 0 amide bonds. The number of hydrogen-bond acceptors (Lipinski definition) is 5. The zero-order valence-corrected chi connectivity index (χ0v) is 10.4. The molecule has 2 fully saturated rings. The van der Waals surface area contributed by atoms with Crippen molar-refractivity contribution in [2.24, 2.45) is 0 Å². The molecule has 3 heterocycles. The highest BCUT2D eigenvalue weighted by Crippen LogP contribution is 2.24. The van der Waals surface area contributed by atoms with Gasteiger partial charge in [-0.15, -0.1) is 0 Å². The summed E-state index contributed by atoms with van der Waals surface area (Å²) in [6.07, 6.45) is 5.04. The van der Waals surface area contributed by atoms with Crippen molar-refractivity contribution in [3.05, 3.63) is 12.2 Å². The van der Waals surface area contributed by atoms with Crippen LogP contribution in [0, 0.1) is 0 Å². The molecule has 5 heteroatoms. The second kappa shape index (κ2) is 4.74. The van der Waals surface area contributed by atoms with Crippen LogP contribution < -0.4 is 0 Å². The molecule has 2 aliphatic heterocycles. The Kier molecular flexibility index (Phi) is 3.11. The van der Waals surface area contributed by atoms with Gasteiger partial charge in [0, 0.05) is 38.1 Å². The highest BCUT2D eigenvalue weighted by atomic mass is 16.5. The lowest BCUT2D eigenvalue weighted by Gasteiger charge is -2.42. The topological polar surface area (TPSA) is 45.4 Å². The molecule has 0 spiro atoms. The summed E-state index contributed by atoms with van der Waals surface area (Å²) in [4.78, 5) is 9.30. The maximum atomic E-state index is 4.76. The molecule has 0 aliphatic carbocycles. The van der Waals surface area contributed by atoms with Gasteiger partial charge in [0.15, 0.2) is 5.82 Å². The van der Waals surface area contributed by atoms with Crippen molar-refractivity contribution in [2.45, 2.75) is 38.3 Å². The minimum Gasteiger partial charge on any atom is -0.343 e. The van der Waals surface area contributed by atoms with Gasteiger partial charge in [-0.3, -0.25) is 9.80 Å². The fraction of sp³-hybridized carbons (Fsp3) is 0.833. The van der Waals surface area contributed by atoms with E-state index >= 15 is 0 Å². The van der Waals surface area contributed by atoms with Crippen molar-refractivity contribution in [1.29, 1.82) is 0 Å². The van der Waals surface area contributed by atoms with E-state index in [1.807, 2.05) is 0 Å². The molecular weight excluding hydrogens is 216 g/mol. The number of hydrogen-bond donors (Lipinski definition) is 0. The summed E-state index contributed by atoms with van der Waals surface area (Å²) < 4.78 is 4.76. The molecule has 5 nitrogen and oxygen atoms in total. The highest BCUT2D eigenvalue weighted by molar-refractivity contribution is 4.91. The normalized spacial score (nSPS) is 30.6. The second-order valence-electron chi connectivity index (χ2n) is 5.23. The van der Waals surface area contributed by atoms with Gasteiger partial charge >= 0.3 is 0 Å². The first-order chi connectivity index (χ1) is 8.33. The molecule has 2 saturated heterocycles. The smallest absolute Gasteiger partial charge is 0.213 e. The summed E-state index contributed by atoms with van der Waals surface area (Å²) in [5.74, 6) is 0.825. The number of piperazine rings is 1. The summed E-state index contributed by atoms with van der Waals surface area (Å²) in [6, 6.07) is 1.44. The fourth-order valence-corrected chi connectivity index (χ4v) is 3.11. The molecule has 94 valence electrons. The third-order valence-electron chi connectivity index (χ3n) is 4.10. The lowest BCUT2D eigenvalue weighted by molar-refractivity contribution is 0.0600.